The van der Waals surface area contributed by atoms with Crippen molar-refractivity contribution >= 4 is 11.6 Å². The summed E-state index contributed by atoms with van der Waals surface area (Å²) in [5.41, 5.74) is 7.54. The predicted octanol–water partition coefficient (Wildman–Crippen LogP) is 1.32. The number of nitrogens with two attached hydrogens (primary N) is 1. The van der Waals surface area contributed by atoms with E-state index in [1.165, 1.54) is 5.56 Å². The van der Waals surface area contributed by atoms with Gasteiger partial charge in [-0.3, -0.25) is 4.79 Å². The van der Waals surface area contributed by atoms with E-state index >= 15 is 0 Å². The van der Waals surface area contributed by atoms with Gasteiger partial charge in [-0.15, -0.1) is 0 Å². The lowest BCUT2D eigenvalue weighted by Crippen LogP contribution is -2.38. The van der Waals surface area contributed by atoms with E-state index < -0.39 is 0 Å². The molecule has 2 N–H and O–H groups in total. The van der Waals surface area contributed by atoms with Crippen LogP contribution in [0.5, 0.6) is 5.75 Å². The van der Waals surface area contributed by atoms with Crippen LogP contribution in [0, 0.1) is 5.41 Å². The third-order valence-electron chi connectivity index (χ3n) is 4.06. The first-order valence-electron chi connectivity index (χ1n) is 6.40. The van der Waals surface area contributed by atoms with Crippen molar-refractivity contribution in [3.05, 3.63) is 23.8 Å². The largest absolute Gasteiger partial charge is 0.493 e. The van der Waals surface area contributed by atoms with Crippen LogP contribution < -0.4 is 15.4 Å². The average molecular weight is 246 g/mol. The van der Waals surface area contributed by atoms with Crippen LogP contribution in [0.1, 0.15) is 18.4 Å². The van der Waals surface area contributed by atoms with Crippen molar-refractivity contribution in [2.24, 2.45) is 11.1 Å². The zero-order valence-corrected chi connectivity index (χ0v) is 10.6. The van der Waals surface area contributed by atoms with Crippen molar-refractivity contribution in [2.75, 3.05) is 25.1 Å². The molecule has 4 heteroatoms. The average Bonchev–Trinajstić information content (AvgIpc) is 3.07. The van der Waals surface area contributed by atoms with Crippen LogP contribution in [0.4, 0.5) is 5.69 Å². The van der Waals surface area contributed by atoms with E-state index in [0.717, 1.165) is 37.3 Å². The summed E-state index contributed by atoms with van der Waals surface area (Å²) in [6.45, 7) is 1.19. The number of fused-ring (bicyclic) bond motifs is 1. The van der Waals surface area contributed by atoms with Gasteiger partial charge in [0, 0.05) is 25.7 Å². The Morgan fingerprint density at radius 3 is 2.94 bits per heavy atom. The fraction of sp³-hybridized carbons (Fsp3) is 0.500. The number of nitrogens with zero attached hydrogens (tertiary/aromatic N) is 1. The summed E-state index contributed by atoms with van der Waals surface area (Å²) in [5, 5.41) is 0. The number of amides is 1. The Balaban J connectivity index is 1.84. The second-order valence-corrected chi connectivity index (χ2v) is 5.24. The zero-order valence-electron chi connectivity index (χ0n) is 10.6. The van der Waals surface area contributed by atoms with Crippen molar-refractivity contribution in [2.45, 2.75) is 19.3 Å². The van der Waals surface area contributed by atoms with Gasteiger partial charge in [0.05, 0.1) is 12.0 Å². The van der Waals surface area contributed by atoms with Gasteiger partial charge in [0.15, 0.2) is 0 Å². The normalized spacial score (nSPS) is 19.0. The van der Waals surface area contributed by atoms with E-state index in [-0.39, 0.29) is 11.3 Å². The standard InChI is InChI=1S/C14H18N2O2/c1-16(13(17)14(9-15)5-6-14)11-2-3-12-10(8-11)4-7-18-12/h2-3,8H,4-7,9,15H2,1H3. The highest BCUT2D eigenvalue weighted by atomic mass is 16.5. The first kappa shape index (κ1) is 11.5. The number of rotatable bonds is 3. The molecule has 1 heterocycles. The first-order chi connectivity index (χ1) is 8.66. The lowest BCUT2D eigenvalue weighted by atomic mass is 10.1. The summed E-state index contributed by atoms with van der Waals surface area (Å²) in [5.74, 6) is 1.09. The maximum absolute atomic E-state index is 12.4. The molecule has 1 aliphatic heterocycles. The van der Waals surface area contributed by atoms with Gasteiger partial charge in [-0.25, -0.2) is 0 Å². The molecule has 4 nitrogen and oxygen atoms in total. The maximum Gasteiger partial charge on any atom is 0.234 e. The van der Waals surface area contributed by atoms with Gasteiger partial charge < -0.3 is 15.4 Å². The van der Waals surface area contributed by atoms with Crippen LogP contribution in [0.3, 0.4) is 0 Å². The third kappa shape index (κ3) is 1.68. The number of benzene rings is 1. The second kappa shape index (κ2) is 3.99. The summed E-state index contributed by atoms with van der Waals surface area (Å²) in [6.07, 6.45) is 2.76. The molecule has 0 saturated heterocycles. The molecule has 0 unspecified atom stereocenters. The molecule has 0 aromatic heterocycles. The van der Waals surface area contributed by atoms with E-state index in [1.54, 1.807) is 4.90 Å². The molecule has 0 bridgehead atoms. The fourth-order valence-corrected chi connectivity index (χ4v) is 2.51. The lowest BCUT2D eigenvalue weighted by Gasteiger charge is -2.23. The number of hydrogen-bond acceptors (Lipinski definition) is 3. The molecule has 1 amide bonds. The van der Waals surface area contributed by atoms with Crippen molar-refractivity contribution in [1.29, 1.82) is 0 Å². The highest BCUT2D eigenvalue weighted by molar-refractivity contribution is 5.99. The molecule has 1 aromatic carbocycles. The minimum atomic E-state index is -0.287. The topological polar surface area (TPSA) is 55.6 Å². The molecule has 18 heavy (non-hydrogen) atoms. The first-order valence-corrected chi connectivity index (χ1v) is 6.40. The van der Waals surface area contributed by atoms with Gasteiger partial charge in [-0.2, -0.15) is 0 Å². The number of hydrogen-bond donors (Lipinski definition) is 1. The number of carbonyl (C=O) groups is 1. The highest BCUT2D eigenvalue weighted by Gasteiger charge is 2.50. The smallest absolute Gasteiger partial charge is 0.234 e. The SMILES string of the molecule is CN(C(=O)C1(CN)CC1)c1ccc2c(c1)CCO2. The minimum absolute atomic E-state index is 0.142. The van der Waals surface area contributed by atoms with Crippen molar-refractivity contribution in [1.82, 2.24) is 0 Å². The maximum atomic E-state index is 12.4. The van der Waals surface area contributed by atoms with Crippen LogP contribution in [0.2, 0.25) is 0 Å². The monoisotopic (exact) mass is 246 g/mol. The van der Waals surface area contributed by atoms with Crippen LogP contribution in [0.25, 0.3) is 0 Å². The zero-order chi connectivity index (χ0) is 12.8. The molecule has 1 aliphatic carbocycles. The van der Waals surface area contributed by atoms with Gasteiger partial charge in [0.1, 0.15) is 5.75 Å². The summed E-state index contributed by atoms with van der Waals surface area (Å²) in [7, 11) is 1.83. The summed E-state index contributed by atoms with van der Waals surface area (Å²) in [4.78, 5) is 14.1. The van der Waals surface area contributed by atoms with E-state index in [1.807, 2.05) is 25.2 Å². The lowest BCUT2D eigenvalue weighted by molar-refractivity contribution is -0.123. The molecular weight excluding hydrogens is 228 g/mol. The van der Waals surface area contributed by atoms with Crippen LogP contribution >= 0.6 is 0 Å². The molecule has 0 spiro atoms. The van der Waals surface area contributed by atoms with Crippen molar-refractivity contribution in [3.8, 4) is 5.75 Å². The number of carbonyl (C=O) groups excluding carboxylic acids is 1. The van der Waals surface area contributed by atoms with E-state index in [0.29, 0.717) is 6.54 Å². The predicted molar refractivity (Wildman–Crippen MR) is 69.8 cm³/mol. The van der Waals surface area contributed by atoms with Crippen molar-refractivity contribution in [3.63, 3.8) is 0 Å². The Labute approximate surface area is 107 Å². The van der Waals surface area contributed by atoms with Gasteiger partial charge >= 0.3 is 0 Å². The minimum Gasteiger partial charge on any atom is -0.493 e. The van der Waals surface area contributed by atoms with Gasteiger partial charge in [-0.1, -0.05) is 0 Å². The Bertz CT molecular complexity index is 495. The van der Waals surface area contributed by atoms with E-state index in [2.05, 4.69) is 0 Å². The molecule has 0 atom stereocenters. The Hall–Kier alpha value is -1.55. The second-order valence-electron chi connectivity index (χ2n) is 5.24. The molecular formula is C14H18N2O2. The van der Waals surface area contributed by atoms with Gasteiger partial charge in [0.2, 0.25) is 5.91 Å². The fourth-order valence-electron chi connectivity index (χ4n) is 2.51. The summed E-state index contributed by atoms with van der Waals surface area (Å²) >= 11 is 0. The van der Waals surface area contributed by atoms with Gasteiger partial charge in [0.25, 0.3) is 0 Å². The van der Waals surface area contributed by atoms with Crippen LogP contribution in [0.15, 0.2) is 18.2 Å². The number of anilines is 1. The molecule has 96 valence electrons. The third-order valence-corrected chi connectivity index (χ3v) is 4.06. The van der Waals surface area contributed by atoms with Crippen molar-refractivity contribution < 1.29 is 9.53 Å². The Kier molecular flexibility index (Phi) is 2.55. The summed E-state index contributed by atoms with van der Waals surface area (Å²) < 4.78 is 5.47. The summed E-state index contributed by atoms with van der Waals surface area (Å²) in [6, 6.07) is 5.94. The van der Waals surface area contributed by atoms with E-state index in [4.69, 9.17) is 10.5 Å². The van der Waals surface area contributed by atoms with Gasteiger partial charge in [-0.05, 0) is 36.6 Å². The molecule has 3 rings (SSSR count). The molecule has 1 aromatic rings. The number of ether oxygens (including phenoxy) is 1. The molecule has 1 saturated carbocycles. The Morgan fingerprint density at radius 1 is 1.50 bits per heavy atom. The molecule has 1 fully saturated rings. The van der Waals surface area contributed by atoms with Crippen LogP contribution in [-0.2, 0) is 11.2 Å². The quantitative estimate of drug-likeness (QED) is 0.875. The molecule has 0 radical (unpaired) electrons. The van der Waals surface area contributed by atoms with Crippen LogP contribution in [-0.4, -0.2) is 26.1 Å². The van der Waals surface area contributed by atoms with E-state index in [9.17, 15) is 4.79 Å². The molecule has 2 aliphatic rings. The Morgan fingerprint density at radius 2 is 2.28 bits per heavy atom. The highest BCUT2D eigenvalue weighted by Crippen LogP contribution is 2.46.